The molecule has 7 heteroatoms. The van der Waals surface area contributed by atoms with E-state index >= 15 is 0 Å². The van der Waals surface area contributed by atoms with Crippen molar-refractivity contribution >= 4 is 29.5 Å². The monoisotopic (exact) mass is 269 g/mol. The van der Waals surface area contributed by atoms with Gasteiger partial charge in [-0.15, -0.1) is 11.8 Å². The van der Waals surface area contributed by atoms with Gasteiger partial charge in [0.05, 0.1) is 7.11 Å². The fraction of sp³-hybridized carbons (Fsp3) is 0.364. The van der Waals surface area contributed by atoms with Gasteiger partial charge in [0, 0.05) is 23.8 Å². The number of hydrogen-bond donors (Lipinski definition) is 2. The van der Waals surface area contributed by atoms with Gasteiger partial charge in [-0.2, -0.15) is 0 Å². The van der Waals surface area contributed by atoms with E-state index in [0.29, 0.717) is 11.6 Å². The van der Waals surface area contributed by atoms with Gasteiger partial charge in [0.15, 0.2) is 0 Å². The fourth-order valence-electron chi connectivity index (χ4n) is 1.21. The van der Waals surface area contributed by atoms with Crippen molar-refractivity contribution in [1.82, 2.24) is 10.3 Å². The number of esters is 1. The predicted molar refractivity (Wildman–Crippen MR) is 69.0 cm³/mol. The van der Waals surface area contributed by atoms with Crippen LogP contribution in [-0.4, -0.2) is 35.8 Å². The number of anilines is 1. The van der Waals surface area contributed by atoms with E-state index in [-0.39, 0.29) is 5.91 Å². The number of nitrogens with zero attached hydrogens (tertiary/aromatic N) is 1. The maximum absolute atomic E-state index is 11.4. The molecule has 1 aromatic rings. The number of nitrogens with two attached hydrogens (primary N) is 1. The Labute approximate surface area is 109 Å². The minimum atomic E-state index is -0.671. The topological polar surface area (TPSA) is 94.3 Å². The molecule has 1 unspecified atom stereocenters. The van der Waals surface area contributed by atoms with Crippen LogP contribution >= 0.6 is 11.8 Å². The van der Waals surface area contributed by atoms with Gasteiger partial charge in [0.25, 0.3) is 0 Å². The summed E-state index contributed by atoms with van der Waals surface area (Å²) in [6, 6.07) is 2.80. The van der Waals surface area contributed by atoms with Crippen molar-refractivity contribution in [2.45, 2.75) is 17.9 Å². The maximum Gasteiger partial charge on any atom is 0.329 e. The van der Waals surface area contributed by atoms with E-state index < -0.39 is 12.0 Å². The molecular formula is C11H15N3O3S. The first-order valence-electron chi connectivity index (χ1n) is 5.22. The van der Waals surface area contributed by atoms with Gasteiger partial charge >= 0.3 is 5.97 Å². The molecule has 0 saturated carbocycles. The van der Waals surface area contributed by atoms with E-state index in [4.69, 9.17) is 5.73 Å². The molecule has 0 fully saturated rings. The molecule has 1 rings (SSSR count). The Hall–Kier alpha value is -1.76. The second-order valence-corrected chi connectivity index (χ2v) is 4.60. The van der Waals surface area contributed by atoms with Crippen LogP contribution in [0.5, 0.6) is 0 Å². The minimum Gasteiger partial charge on any atom is -0.467 e. The number of amides is 1. The number of carbonyl (C=O) groups is 2. The van der Waals surface area contributed by atoms with Gasteiger partial charge in [-0.05, 0) is 12.1 Å². The Morgan fingerprint density at radius 1 is 1.56 bits per heavy atom. The summed E-state index contributed by atoms with van der Waals surface area (Å²) in [4.78, 5) is 27.2. The number of rotatable bonds is 5. The van der Waals surface area contributed by atoms with Gasteiger partial charge in [-0.3, -0.25) is 4.79 Å². The number of ether oxygens (including phenoxy) is 1. The van der Waals surface area contributed by atoms with Gasteiger partial charge in [-0.1, -0.05) is 0 Å². The summed E-state index contributed by atoms with van der Waals surface area (Å²) < 4.78 is 4.62. The van der Waals surface area contributed by atoms with Crippen molar-refractivity contribution in [2.24, 2.45) is 0 Å². The van der Waals surface area contributed by atoms with Crippen LogP contribution < -0.4 is 11.1 Å². The molecule has 3 N–H and O–H groups in total. The Bertz CT molecular complexity index is 422. The summed E-state index contributed by atoms with van der Waals surface area (Å²) in [7, 11) is 1.28. The second-order valence-electron chi connectivity index (χ2n) is 3.51. The Balaban J connectivity index is 2.58. The molecule has 0 spiro atoms. The van der Waals surface area contributed by atoms with Crippen LogP contribution in [0, 0.1) is 0 Å². The zero-order chi connectivity index (χ0) is 13.5. The number of nitrogens with one attached hydrogen (secondary N) is 1. The van der Waals surface area contributed by atoms with Crippen molar-refractivity contribution in [1.29, 1.82) is 0 Å². The fourth-order valence-corrected chi connectivity index (χ4v) is 2.08. The van der Waals surface area contributed by atoms with Gasteiger partial charge < -0.3 is 15.8 Å². The summed E-state index contributed by atoms with van der Waals surface area (Å²) in [5, 5.41) is 2.53. The third kappa shape index (κ3) is 4.62. The number of aromatic nitrogens is 1. The molecule has 1 atom stereocenters. The van der Waals surface area contributed by atoms with Gasteiger partial charge in [0.2, 0.25) is 5.91 Å². The largest absolute Gasteiger partial charge is 0.467 e. The molecule has 1 aromatic heterocycles. The highest BCUT2D eigenvalue weighted by Crippen LogP contribution is 2.18. The van der Waals surface area contributed by atoms with Crippen LogP contribution in [0.2, 0.25) is 0 Å². The highest BCUT2D eigenvalue weighted by Gasteiger charge is 2.20. The van der Waals surface area contributed by atoms with E-state index in [2.05, 4.69) is 15.0 Å². The summed E-state index contributed by atoms with van der Waals surface area (Å²) >= 11 is 1.39. The third-order valence-electron chi connectivity index (χ3n) is 2.04. The van der Waals surface area contributed by atoms with Crippen LogP contribution in [0.4, 0.5) is 5.82 Å². The lowest BCUT2D eigenvalue weighted by molar-refractivity contribution is -0.144. The van der Waals surface area contributed by atoms with Crippen LogP contribution in [0.3, 0.4) is 0 Å². The number of methoxy groups -OCH3 is 1. The van der Waals surface area contributed by atoms with Gasteiger partial charge in [0.1, 0.15) is 11.9 Å². The molecule has 0 aromatic carbocycles. The Kier molecular flexibility index (Phi) is 5.44. The average molecular weight is 269 g/mol. The molecule has 0 saturated heterocycles. The smallest absolute Gasteiger partial charge is 0.329 e. The first-order chi connectivity index (χ1) is 8.52. The number of pyridine rings is 1. The Morgan fingerprint density at radius 2 is 2.28 bits per heavy atom. The van der Waals surface area contributed by atoms with Crippen molar-refractivity contribution in [3.63, 3.8) is 0 Å². The van der Waals surface area contributed by atoms with Crippen LogP contribution in [0.25, 0.3) is 0 Å². The first-order valence-corrected chi connectivity index (χ1v) is 6.20. The molecular weight excluding hydrogens is 254 g/mol. The van der Waals surface area contributed by atoms with E-state index in [1.807, 2.05) is 0 Å². The lowest BCUT2D eigenvalue weighted by Gasteiger charge is -2.14. The van der Waals surface area contributed by atoms with Crippen molar-refractivity contribution in [3.8, 4) is 0 Å². The SMILES string of the molecule is COC(=O)C(CSc1ccc(N)nc1)NC(C)=O. The molecule has 0 bridgehead atoms. The molecule has 1 heterocycles. The lowest BCUT2D eigenvalue weighted by Crippen LogP contribution is -2.42. The standard InChI is InChI=1S/C11H15N3O3S/c1-7(15)14-9(11(16)17-2)6-18-8-3-4-10(12)13-5-8/h3-5,9H,6H2,1-2H3,(H2,12,13)(H,14,15). The third-order valence-corrected chi connectivity index (χ3v) is 3.11. The molecule has 0 radical (unpaired) electrons. The molecule has 18 heavy (non-hydrogen) atoms. The predicted octanol–water partition coefficient (Wildman–Crippen LogP) is 0.434. The summed E-state index contributed by atoms with van der Waals surface area (Å²) in [5.41, 5.74) is 5.47. The summed E-state index contributed by atoms with van der Waals surface area (Å²) in [6.07, 6.45) is 1.61. The zero-order valence-corrected chi connectivity index (χ0v) is 11.0. The summed E-state index contributed by atoms with van der Waals surface area (Å²) in [6.45, 7) is 1.35. The Morgan fingerprint density at radius 3 is 2.78 bits per heavy atom. The number of hydrogen-bond acceptors (Lipinski definition) is 6. The van der Waals surface area contributed by atoms with Crippen molar-refractivity contribution in [2.75, 3.05) is 18.6 Å². The second kappa shape index (κ2) is 6.85. The normalized spacial score (nSPS) is 11.7. The number of thioether (sulfide) groups is 1. The quantitative estimate of drug-likeness (QED) is 0.595. The van der Waals surface area contributed by atoms with Crippen LogP contribution in [0.1, 0.15) is 6.92 Å². The van der Waals surface area contributed by atoms with E-state index in [0.717, 1.165) is 4.90 Å². The highest BCUT2D eigenvalue weighted by atomic mass is 32.2. The van der Waals surface area contributed by atoms with Crippen LogP contribution in [0.15, 0.2) is 23.2 Å². The lowest BCUT2D eigenvalue weighted by atomic mass is 10.3. The summed E-state index contributed by atoms with van der Waals surface area (Å²) in [5.74, 6) is 0.0611. The molecule has 0 aliphatic rings. The molecule has 1 amide bonds. The minimum absolute atomic E-state index is 0.276. The zero-order valence-electron chi connectivity index (χ0n) is 10.2. The van der Waals surface area contributed by atoms with Crippen molar-refractivity contribution in [3.05, 3.63) is 18.3 Å². The van der Waals surface area contributed by atoms with Crippen LogP contribution in [-0.2, 0) is 14.3 Å². The van der Waals surface area contributed by atoms with E-state index in [9.17, 15) is 9.59 Å². The van der Waals surface area contributed by atoms with E-state index in [1.165, 1.54) is 25.8 Å². The van der Waals surface area contributed by atoms with Gasteiger partial charge in [-0.25, -0.2) is 9.78 Å². The van der Waals surface area contributed by atoms with Crippen molar-refractivity contribution < 1.29 is 14.3 Å². The molecule has 0 aliphatic carbocycles. The maximum atomic E-state index is 11.4. The first kappa shape index (κ1) is 14.3. The van der Waals surface area contributed by atoms with E-state index in [1.54, 1.807) is 18.3 Å². The number of carbonyl (C=O) groups excluding carboxylic acids is 2. The molecule has 0 aliphatic heterocycles. The number of nitrogen functional groups attached to an aromatic ring is 1. The molecule has 98 valence electrons. The average Bonchev–Trinajstić information content (AvgIpc) is 2.35. The molecule has 6 nitrogen and oxygen atoms in total. The highest BCUT2D eigenvalue weighted by molar-refractivity contribution is 7.99.